The summed E-state index contributed by atoms with van der Waals surface area (Å²) in [4.78, 5) is 23.8. The fraction of sp³-hybridized carbons (Fsp3) is 0.238. The van der Waals surface area contributed by atoms with Crippen LogP contribution < -0.4 is 10.1 Å². The molecule has 2 aromatic rings. The molecule has 26 heavy (non-hydrogen) atoms. The van der Waals surface area contributed by atoms with Gasteiger partial charge in [-0.25, -0.2) is 4.79 Å². The summed E-state index contributed by atoms with van der Waals surface area (Å²) < 4.78 is 10.3. The Bertz CT molecular complexity index is 766. The molecule has 2 rings (SSSR count). The second-order valence-electron chi connectivity index (χ2n) is 5.63. The van der Waals surface area contributed by atoms with Crippen LogP contribution >= 0.6 is 0 Å². The number of carbonyl (C=O) groups is 2. The molecule has 0 aliphatic rings. The number of unbranched alkanes of at least 4 members (excludes halogenated alkanes) is 1. The van der Waals surface area contributed by atoms with Crippen molar-refractivity contribution in [2.24, 2.45) is 0 Å². The summed E-state index contributed by atoms with van der Waals surface area (Å²) in [7, 11) is 1.30. The lowest BCUT2D eigenvalue weighted by molar-refractivity contribution is -0.111. The van der Waals surface area contributed by atoms with Gasteiger partial charge >= 0.3 is 5.97 Å². The topological polar surface area (TPSA) is 64.6 Å². The Morgan fingerprint density at radius 2 is 1.81 bits per heavy atom. The number of amides is 1. The van der Waals surface area contributed by atoms with Crippen LogP contribution in [0.3, 0.4) is 0 Å². The standard InChI is InChI=1S/C21H23NO4/c1-3-4-15-26-17-12-9-16(10-13-17)11-14-20(23)22-19-8-6-5-7-18(19)21(24)25-2/h5-14H,3-4,15H2,1-2H3,(H,22,23)/b14-11+. The maximum absolute atomic E-state index is 12.1. The van der Waals surface area contributed by atoms with E-state index in [1.807, 2.05) is 24.3 Å². The van der Waals surface area contributed by atoms with Gasteiger partial charge in [-0.2, -0.15) is 0 Å². The van der Waals surface area contributed by atoms with Crippen molar-refractivity contribution in [2.45, 2.75) is 19.8 Å². The Kier molecular flexibility index (Phi) is 7.43. The summed E-state index contributed by atoms with van der Waals surface area (Å²) in [6, 6.07) is 14.2. The van der Waals surface area contributed by atoms with E-state index >= 15 is 0 Å². The van der Waals surface area contributed by atoms with Crippen LogP contribution in [0.4, 0.5) is 5.69 Å². The van der Waals surface area contributed by atoms with Crippen LogP contribution in [-0.4, -0.2) is 25.6 Å². The molecule has 136 valence electrons. The Morgan fingerprint density at radius 1 is 1.08 bits per heavy atom. The van der Waals surface area contributed by atoms with Gasteiger partial charge in [0, 0.05) is 6.08 Å². The highest BCUT2D eigenvalue weighted by Crippen LogP contribution is 2.17. The Morgan fingerprint density at radius 3 is 2.50 bits per heavy atom. The third kappa shape index (κ3) is 5.77. The van der Waals surface area contributed by atoms with Crippen molar-refractivity contribution < 1.29 is 19.1 Å². The van der Waals surface area contributed by atoms with Crippen molar-refractivity contribution in [3.8, 4) is 5.75 Å². The number of para-hydroxylation sites is 1. The first kappa shape index (κ1) is 19.2. The molecule has 0 saturated carbocycles. The average Bonchev–Trinajstić information content (AvgIpc) is 2.67. The zero-order valence-electron chi connectivity index (χ0n) is 15.0. The molecule has 0 saturated heterocycles. The molecule has 2 aromatic carbocycles. The van der Waals surface area contributed by atoms with E-state index in [-0.39, 0.29) is 5.91 Å². The second kappa shape index (κ2) is 10.0. The second-order valence-corrected chi connectivity index (χ2v) is 5.63. The highest BCUT2D eigenvalue weighted by Gasteiger charge is 2.11. The molecular weight excluding hydrogens is 330 g/mol. The lowest BCUT2D eigenvalue weighted by atomic mass is 10.1. The summed E-state index contributed by atoms with van der Waals surface area (Å²) in [5, 5.41) is 2.69. The van der Waals surface area contributed by atoms with Gasteiger partial charge < -0.3 is 14.8 Å². The molecule has 0 aliphatic heterocycles. The summed E-state index contributed by atoms with van der Waals surface area (Å²) in [6.07, 6.45) is 5.23. The molecule has 0 atom stereocenters. The fourth-order valence-corrected chi connectivity index (χ4v) is 2.24. The van der Waals surface area contributed by atoms with Gasteiger partial charge in [0.1, 0.15) is 5.75 Å². The van der Waals surface area contributed by atoms with Gasteiger partial charge in [-0.15, -0.1) is 0 Å². The largest absolute Gasteiger partial charge is 0.494 e. The number of carbonyl (C=O) groups excluding carboxylic acids is 2. The first-order chi connectivity index (χ1) is 12.6. The van der Waals surface area contributed by atoms with Crippen molar-refractivity contribution >= 4 is 23.6 Å². The first-order valence-electron chi connectivity index (χ1n) is 8.53. The van der Waals surface area contributed by atoms with Gasteiger partial charge in [0.15, 0.2) is 0 Å². The number of benzene rings is 2. The number of esters is 1. The minimum absolute atomic E-state index is 0.310. The lowest BCUT2D eigenvalue weighted by Gasteiger charge is -2.07. The molecule has 0 heterocycles. The predicted molar refractivity (Wildman–Crippen MR) is 102 cm³/mol. The van der Waals surface area contributed by atoms with Gasteiger partial charge in [-0.05, 0) is 42.3 Å². The number of methoxy groups -OCH3 is 1. The van der Waals surface area contributed by atoms with Crippen molar-refractivity contribution in [1.29, 1.82) is 0 Å². The quantitative estimate of drug-likeness (QED) is 0.436. The van der Waals surface area contributed by atoms with E-state index in [4.69, 9.17) is 9.47 Å². The molecule has 1 amide bonds. The van der Waals surface area contributed by atoms with Crippen molar-refractivity contribution in [1.82, 2.24) is 0 Å². The zero-order chi connectivity index (χ0) is 18.8. The van der Waals surface area contributed by atoms with Crippen LogP contribution in [-0.2, 0) is 9.53 Å². The molecule has 0 aliphatic carbocycles. The van der Waals surface area contributed by atoms with Gasteiger partial charge in [0.2, 0.25) is 5.91 Å². The van der Waals surface area contributed by atoms with E-state index < -0.39 is 5.97 Å². The number of ether oxygens (including phenoxy) is 2. The molecule has 0 aromatic heterocycles. The minimum Gasteiger partial charge on any atom is -0.494 e. The van der Waals surface area contributed by atoms with E-state index in [0.717, 1.165) is 24.2 Å². The van der Waals surface area contributed by atoms with Crippen molar-refractivity contribution in [2.75, 3.05) is 19.0 Å². The minimum atomic E-state index is -0.497. The summed E-state index contributed by atoms with van der Waals surface area (Å²) in [5.41, 5.74) is 1.60. The molecule has 0 spiro atoms. The predicted octanol–water partition coefficient (Wildman–Crippen LogP) is 4.30. The molecule has 0 unspecified atom stereocenters. The highest BCUT2D eigenvalue weighted by atomic mass is 16.5. The Labute approximate surface area is 153 Å². The molecule has 0 bridgehead atoms. The van der Waals surface area contributed by atoms with Crippen molar-refractivity contribution in [3.63, 3.8) is 0 Å². The fourth-order valence-electron chi connectivity index (χ4n) is 2.24. The maximum Gasteiger partial charge on any atom is 0.339 e. The van der Waals surface area contributed by atoms with E-state index in [1.165, 1.54) is 13.2 Å². The van der Waals surface area contributed by atoms with E-state index in [9.17, 15) is 9.59 Å². The number of hydrogen-bond acceptors (Lipinski definition) is 4. The highest BCUT2D eigenvalue weighted by molar-refractivity contribution is 6.06. The summed E-state index contributed by atoms with van der Waals surface area (Å²) in [5.74, 6) is -0.0137. The number of hydrogen-bond donors (Lipinski definition) is 1. The van der Waals surface area contributed by atoms with Crippen molar-refractivity contribution in [3.05, 3.63) is 65.7 Å². The third-order valence-electron chi connectivity index (χ3n) is 3.66. The number of anilines is 1. The molecule has 1 N–H and O–H groups in total. The lowest BCUT2D eigenvalue weighted by Crippen LogP contribution is -2.12. The summed E-state index contributed by atoms with van der Waals surface area (Å²) >= 11 is 0. The normalized spacial score (nSPS) is 10.5. The molecule has 0 radical (unpaired) electrons. The van der Waals surface area contributed by atoms with E-state index in [1.54, 1.807) is 30.3 Å². The van der Waals surface area contributed by atoms with Crippen LogP contribution in [0, 0.1) is 0 Å². The van der Waals surface area contributed by atoms with Gasteiger partial charge in [0.05, 0.1) is 25.0 Å². The van der Waals surface area contributed by atoms with Crippen LogP contribution in [0.25, 0.3) is 6.08 Å². The SMILES string of the molecule is CCCCOc1ccc(/C=C/C(=O)Nc2ccccc2C(=O)OC)cc1. The van der Waals surface area contributed by atoms with Crippen LogP contribution in [0.1, 0.15) is 35.7 Å². The molecular formula is C21H23NO4. The van der Waals surface area contributed by atoms with Crippen LogP contribution in [0.15, 0.2) is 54.6 Å². The zero-order valence-corrected chi connectivity index (χ0v) is 15.0. The Hall–Kier alpha value is -3.08. The number of rotatable bonds is 8. The van der Waals surface area contributed by atoms with E-state index in [2.05, 4.69) is 12.2 Å². The molecule has 5 nitrogen and oxygen atoms in total. The number of nitrogens with one attached hydrogen (secondary N) is 1. The van der Waals surface area contributed by atoms with Crippen LogP contribution in [0.5, 0.6) is 5.75 Å². The monoisotopic (exact) mass is 353 g/mol. The molecule has 0 fully saturated rings. The molecule has 5 heteroatoms. The summed E-state index contributed by atoms with van der Waals surface area (Å²) in [6.45, 7) is 2.82. The first-order valence-corrected chi connectivity index (χ1v) is 8.53. The maximum atomic E-state index is 12.1. The average molecular weight is 353 g/mol. The van der Waals surface area contributed by atoms with Gasteiger partial charge in [-0.3, -0.25) is 4.79 Å². The van der Waals surface area contributed by atoms with E-state index in [0.29, 0.717) is 17.9 Å². The third-order valence-corrected chi connectivity index (χ3v) is 3.66. The van der Waals surface area contributed by atoms with Gasteiger partial charge in [-0.1, -0.05) is 37.6 Å². The van der Waals surface area contributed by atoms with Crippen LogP contribution in [0.2, 0.25) is 0 Å². The Balaban J connectivity index is 1.96. The van der Waals surface area contributed by atoms with Gasteiger partial charge in [0.25, 0.3) is 0 Å². The smallest absolute Gasteiger partial charge is 0.339 e.